The molecule has 2 N–H and O–H groups in total. The van der Waals surface area contributed by atoms with Crippen molar-refractivity contribution in [2.75, 3.05) is 24.4 Å². The van der Waals surface area contributed by atoms with Gasteiger partial charge in [-0.15, -0.1) is 0 Å². The van der Waals surface area contributed by atoms with E-state index in [4.69, 9.17) is 21.1 Å². The average Bonchev–Trinajstić information content (AvgIpc) is 2.74. The van der Waals surface area contributed by atoms with Gasteiger partial charge in [0.25, 0.3) is 5.91 Å². The molecule has 0 bridgehead atoms. The molecule has 3 aromatic rings. The Morgan fingerprint density at radius 3 is 2.52 bits per heavy atom. The van der Waals surface area contributed by atoms with Crippen molar-refractivity contribution in [3.63, 3.8) is 0 Å². The van der Waals surface area contributed by atoms with Crippen LogP contribution in [0.2, 0.25) is 5.02 Å². The van der Waals surface area contributed by atoms with Gasteiger partial charge in [0.2, 0.25) is 0 Å². The maximum absolute atomic E-state index is 12.2. The van der Waals surface area contributed by atoms with E-state index in [0.717, 1.165) is 26.9 Å². The molecule has 0 aromatic heterocycles. The molecule has 0 saturated heterocycles. The Bertz CT molecular complexity index is 1090. The maximum atomic E-state index is 12.2. The van der Waals surface area contributed by atoms with Gasteiger partial charge in [-0.1, -0.05) is 39.7 Å². The topological polar surface area (TPSA) is 59.6 Å². The lowest BCUT2D eigenvalue weighted by atomic mass is 10.1. The minimum Gasteiger partial charge on any atom is -0.493 e. The number of nitrogens with one attached hydrogen (secondary N) is 2. The van der Waals surface area contributed by atoms with Crippen molar-refractivity contribution in [3.8, 4) is 11.5 Å². The van der Waals surface area contributed by atoms with Crippen LogP contribution in [0.25, 0.3) is 0 Å². The number of hydrogen-bond acceptors (Lipinski definition) is 4. The van der Waals surface area contributed by atoms with Crippen molar-refractivity contribution in [2.24, 2.45) is 0 Å². The van der Waals surface area contributed by atoms with Crippen LogP contribution in [0.4, 0.5) is 11.4 Å². The number of halogens is 2. The largest absolute Gasteiger partial charge is 0.493 e. The minimum absolute atomic E-state index is 0.141. The Labute approximate surface area is 195 Å². The summed E-state index contributed by atoms with van der Waals surface area (Å²) in [5, 5.41) is 6.80. The number of aryl methyl sites for hydroxylation is 2. The molecule has 3 aromatic carbocycles. The Kier molecular flexibility index (Phi) is 7.82. The van der Waals surface area contributed by atoms with Crippen molar-refractivity contribution in [1.82, 2.24) is 0 Å². The summed E-state index contributed by atoms with van der Waals surface area (Å²) in [5.41, 5.74) is 4.83. The highest BCUT2D eigenvalue weighted by Gasteiger charge is 2.10. The second kappa shape index (κ2) is 10.6. The van der Waals surface area contributed by atoms with E-state index in [1.54, 1.807) is 25.3 Å². The Morgan fingerprint density at radius 2 is 1.81 bits per heavy atom. The molecule has 0 unspecified atom stereocenters. The maximum Gasteiger partial charge on any atom is 0.262 e. The van der Waals surface area contributed by atoms with Crippen molar-refractivity contribution >= 4 is 44.8 Å². The van der Waals surface area contributed by atoms with Gasteiger partial charge in [-0.25, -0.2) is 0 Å². The molecule has 0 atom stereocenters. The fourth-order valence-electron chi connectivity index (χ4n) is 2.97. The van der Waals surface area contributed by atoms with Gasteiger partial charge in [-0.2, -0.15) is 0 Å². The van der Waals surface area contributed by atoms with E-state index in [2.05, 4.69) is 39.6 Å². The van der Waals surface area contributed by atoms with Crippen LogP contribution in [0.15, 0.2) is 59.1 Å². The smallest absolute Gasteiger partial charge is 0.262 e. The predicted molar refractivity (Wildman–Crippen MR) is 130 cm³/mol. The first-order valence-electron chi connectivity index (χ1n) is 9.71. The SMILES string of the molecule is COc1cc(CNc2ccc(Br)cc2C)ccc1OCC(=O)Nc1ccc(C)c(Cl)c1. The van der Waals surface area contributed by atoms with Gasteiger partial charge in [0, 0.05) is 27.4 Å². The van der Waals surface area contributed by atoms with Crippen LogP contribution in [0.1, 0.15) is 16.7 Å². The van der Waals surface area contributed by atoms with E-state index in [0.29, 0.717) is 28.8 Å². The fourth-order valence-corrected chi connectivity index (χ4v) is 3.63. The molecule has 0 spiro atoms. The van der Waals surface area contributed by atoms with Crippen LogP contribution in [0.5, 0.6) is 11.5 Å². The second-order valence-corrected chi connectivity index (χ2v) is 8.42. The summed E-state index contributed by atoms with van der Waals surface area (Å²) in [7, 11) is 1.58. The summed E-state index contributed by atoms with van der Waals surface area (Å²) in [6.07, 6.45) is 0. The van der Waals surface area contributed by atoms with E-state index < -0.39 is 0 Å². The van der Waals surface area contributed by atoms with E-state index in [9.17, 15) is 4.79 Å². The first kappa shape index (κ1) is 23.0. The van der Waals surface area contributed by atoms with Crippen LogP contribution in [0.3, 0.4) is 0 Å². The molecule has 7 heteroatoms. The number of benzene rings is 3. The molecule has 0 aliphatic rings. The fraction of sp³-hybridized carbons (Fsp3) is 0.208. The van der Waals surface area contributed by atoms with E-state index in [-0.39, 0.29) is 12.5 Å². The van der Waals surface area contributed by atoms with Crippen molar-refractivity contribution < 1.29 is 14.3 Å². The second-order valence-electron chi connectivity index (χ2n) is 7.10. The molecule has 162 valence electrons. The Balaban J connectivity index is 1.59. The summed E-state index contributed by atoms with van der Waals surface area (Å²) in [5.74, 6) is 0.791. The molecule has 0 aliphatic heterocycles. The molecule has 3 rings (SSSR count). The summed E-state index contributed by atoms with van der Waals surface area (Å²) >= 11 is 9.57. The van der Waals surface area contributed by atoms with Gasteiger partial charge >= 0.3 is 0 Å². The zero-order valence-electron chi connectivity index (χ0n) is 17.6. The quantitative estimate of drug-likeness (QED) is 0.376. The van der Waals surface area contributed by atoms with Gasteiger partial charge < -0.3 is 20.1 Å². The number of carbonyl (C=O) groups excluding carboxylic acids is 1. The van der Waals surface area contributed by atoms with Gasteiger partial charge in [0.1, 0.15) is 0 Å². The average molecular weight is 504 g/mol. The zero-order chi connectivity index (χ0) is 22.4. The molecule has 1 amide bonds. The number of anilines is 2. The third-order valence-electron chi connectivity index (χ3n) is 4.71. The lowest BCUT2D eigenvalue weighted by Gasteiger charge is -2.14. The molecule has 0 radical (unpaired) electrons. The third kappa shape index (κ3) is 6.39. The normalized spacial score (nSPS) is 10.5. The van der Waals surface area contributed by atoms with Gasteiger partial charge in [0.05, 0.1) is 7.11 Å². The molecule has 5 nitrogen and oxygen atoms in total. The third-order valence-corrected chi connectivity index (χ3v) is 5.61. The summed E-state index contributed by atoms with van der Waals surface area (Å²) < 4.78 is 12.2. The number of hydrogen-bond donors (Lipinski definition) is 2. The molecule has 0 heterocycles. The molecular formula is C24H24BrClN2O3. The van der Waals surface area contributed by atoms with Crippen LogP contribution in [0, 0.1) is 13.8 Å². The molecule has 0 aliphatic carbocycles. The summed E-state index contributed by atoms with van der Waals surface area (Å²) in [6, 6.07) is 17.1. The Hall–Kier alpha value is -2.70. The molecule has 0 fully saturated rings. The van der Waals surface area contributed by atoms with Crippen LogP contribution >= 0.6 is 27.5 Å². The van der Waals surface area contributed by atoms with Crippen LogP contribution < -0.4 is 20.1 Å². The van der Waals surface area contributed by atoms with Gasteiger partial charge in [-0.05, 0) is 73.0 Å². The number of amides is 1. The number of ether oxygens (including phenoxy) is 2. The standard InChI is InChI=1S/C24H24BrClN2O3/c1-15-4-7-19(12-20(15)26)28-24(29)14-31-22-9-5-17(11-23(22)30-3)13-27-21-8-6-18(25)10-16(21)2/h4-12,27H,13-14H2,1-3H3,(H,28,29). The highest BCUT2D eigenvalue weighted by molar-refractivity contribution is 9.10. The van der Waals surface area contributed by atoms with Crippen LogP contribution in [-0.4, -0.2) is 19.6 Å². The Morgan fingerprint density at radius 1 is 1.00 bits per heavy atom. The van der Waals surface area contributed by atoms with Crippen molar-refractivity contribution in [2.45, 2.75) is 20.4 Å². The highest BCUT2D eigenvalue weighted by atomic mass is 79.9. The zero-order valence-corrected chi connectivity index (χ0v) is 19.9. The first-order chi connectivity index (χ1) is 14.9. The van der Waals surface area contributed by atoms with Gasteiger partial charge in [0.15, 0.2) is 18.1 Å². The summed E-state index contributed by atoms with van der Waals surface area (Å²) in [4.78, 5) is 12.2. The molecular weight excluding hydrogens is 480 g/mol. The number of rotatable bonds is 8. The van der Waals surface area contributed by atoms with E-state index in [1.165, 1.54) is 0 Å². The minimum atomic E-state index is -0.279. The van der Waals surface area contributed by atoms with Crippen molar-refractivity contribution in [3.05, 3.63) is 80.8 Å². The van der Waals surface area contributed by atoms with E-state index in [1.807, 2.05) is 37.3 Å². The highest BCUT2D eigenvalue weighted by Crippen LogP contribution is 2.29. The molecule has 31 heavy (non-hydrogen) atoms. The predicted octanol–water partition coefficient (Wildman–Crippen LogP) is 6.36. The van der Waals surface area contributed by atoms with E-state index >= 15 is 0 Å². The number of carbonyl (C=O) groups is 1. The number of methoxy groups -OCH3 is 1. The lowest BCUT2D eigenvalue weighted by Crippen LogP contribution is -2.20. The monoisotopic (exact) mass is 502 g/mol. The first-order valence-corrected chi connectivity index (χ1v) is 10.9. The van der Waals surface area contributed by atoms with Crippen molar-refractivity contribution in [1.29, 1.82) is 0 Å². The van der Waals surface area contributed by atoms with Crippen LogP contribution in [-0.2, 0) is 11.3 Å². The molecule has 0 saturated carbocycles. The van der Waals surface area contributed by atoms with Gasteiger partial charge in [-0.3, -0.25) is 4.79 Å². The summed E-state index contributed by atoms with van der Waals surface area (Å²) in [6.45, 7) is 4.45. The lowest BCUT2D eigenvalue weighted by molar-refractivity contribution is -0.118.